The average Bonchev–Trinajstić information content (AvgIpc) is 0.722. The van der Waals surface area contributed by atoms with Gasteiger partial charge in [-0.15, -0.1) is 0 Å². The van der Waals surface area contributed by atoms with Crippen LogP contribution < -0.4 is 0 Å². The third-order valence-corrected chi connectivity index (χ3v) is 0. The summed E-state index contributed by atoms with van der Waals surface area (Å²) in [4.78, 5) is 21.6. The summed E-state index contributed by atoms with van der Waals surface area (Å²) in [5, 5.41) is 0. The van der Waals surface area contributed by atoms with Crippen molar-refractivity contribution >= 4 is 7.82 Å². The Balaban J connectivity index is -0.0000000267. The maximum absolute atomic E-state index is 8.88. The molecule has 0 bridgehead atoms. The molecule has 0 fully saturated rings. The van der Waals surface area contributed by atoms with Gasteiger partial charge in [0.15, 0.2) is 0 Å². The van der Waals surface area contributed by atoms with Crippen LogP contribution in [0.2, 0.25) is 0 Å². The molecule has 0 unspecified atom stereocenters. The Bertz CT molecular complexity index is 62.2. The molecule has 0 aliphatic carbocycles. The van der Waals surface area contributed by atoms with Crippen molar-refractivity contribution in [1.82, 2.24) is 0 Å². The second-order valence-electron chi connectivity index (χ2n) is 0.513. The molecule has 1 radical (unpaired) electrons. The maximum Gasteiger partial charge on any atom is 0.466 e. The second kappa shape index (κ2) is 8.64. The Labute approximate surface area is 77.5 Å². The molecule has 0 aromatic rings. The summed E-state index contributed by atoms with van der Waals surface area (Å²) in [6.45, 7) is 0. The fraction of sp³-hybridized carbons (Fsp3) is 0. The van der Waals surface area contributed by atoms with Gasteiger partial charge >= 0.3 is 7.82 Å². The van der Waals surface area contributed by atoms with Crippen LogP contribution in [0.3, 0.4) is 0 Å². The number of phosphoric acid groups is 1. The van der Waals surface area contributed by atoms with Gasteiger partial charge in [0.05, 0.1) is 0 Å². The summed E-state index contributed by atoms with van der Waals surface area (Å²) in [5.41, 5.74) is 0. The van der Waals surface area contributed by atoms with Crippen molar-refractivity contribution in [3.8, 4) is 0 Å². The van der Waals surface area contributed by atoms with Crippen molar-refractivity contribution in [2.45, 2.75) is 0 Å². The van der Waals surface area contributed by atoms with Gasteiger partial charge in [-0.3, -0.25) is 0 Å². The van der Waals surface area contributed by atoms with Crippen LogP contribution in [0.15, 0.2) is 0 Å². The predicted molar refractivity (Wildman–Crippen MR) is 14.3 cm³/mol. The molecule has 0 saturated carbocycles. The predicted octanol–water partition coefficient (Wildman–Crippen LogP) is -0.936. The van der Waals surface area contributed by atoms with Crippen molar-refractivity contribution in [2.24, 2.45) is 0 Å². The van der Waals surface area contributed by atoms with E-state index in [1.165, 1.54) is 0 Å². The van der Waals surface area contributed by atoms with Crippen LogP contribution in [-0.4, -0.2) is 14.7 Å². The quantitative estimate of drug-likeness (QED) is 0.391. The third kappa shape index (κ3) is 125. The zero-order valence-corrected chi connectivity index (χ0v) is 7.41. The zero-order chi connectivity index (χ0) is 4.50. The first-order valence-electron chi connectivity index (χ1n) is 0.783. The molecule has 0 saturated heterocycles. The molecule has 57 valence electrons. The van der Waals surface area contributed by atoms with E-state index >= 15 is 0 Å². The monoisotopic (exact) mass is 267 g/mol. The van der Waals surface area contributed by atoms with Crippen LogP contribution in [-0.2, 0) is 55.2 Å². The minimum absolute atomic E-state index is 0. The summed E-state index contributed by atoms with van der Waals surface area (Å²) in [5.74, 6) is 0. The SMILES string of the molecule is O=P(O)(O)O.[Fe].[Mn].[Ni]. The van der Waals surface area contributed by atoms with E-state index in [9.17, 15) is 0 Å². The molecular weight excluding hydrogens is 264 g/mol. The Morgan fingerprint density at radius 1 is 1.12 bits per heavy atom. The first-order valence-corrected chi connectivity index (χ1v) is 2.35. The minimum Gasteiger partial charge on any atom is -0.303 e. The van der Waals surface area contributed by atoms with Crippen molar-refractivity contribution in [3.63, 3.8) is 0 Å². The molecular formula is H3FeMnNiO4P. The van der Waals surface area contributed by atoms with Crippen LogP contribution in [0.4, 0.5) is 0 Å². The molecule has 0 heterocycles. The van der Waals surface area contributed by atoms with Crippen LogP contribution >= 0.6 is 7.82 Å². The van der Waals surface area contributed by atoms with Crippen molar-refractivity contribution < 1.29 is 69.9 Å². The van der Waals surface area contributed by atoms with Crippen LogP contribution in [0, 0.1) is 0 Å². The Hall–Kier alpha value is 1.64. The van der Waals surface area contributed by atoms with Gasteiger partial charge in [-0.05, 0) is 0 Å². The molecule has 0 aromatic heterocycles. The van der Waals surface area contributed by atoms with Gasteiger partial charge in [-0.2, -0.15) is 0 Å². The molecule has 0 aromatic carbocycles. The van der Waals surface area contributed by atoms with Gasteiger partial charge in [0.1, 0.15) is 0 Å². The van der Waals surface area contributed by atoms with E-state index in [1.54, 1.807) is 0 Å². The molecule has 8 heteroatoms. The van der Waals surface area contributed by atoms with Gasteiger partial charge in [0, 0.05) is 50.6 Å². The molecule has 4 nitrogen and oxygen atoms in total. The van der Waals surface area contributed by atoms with Crippen LogP contribution in [0.1, 0.15) is 0 Å². The normalized spacial score (nSPS) is 7.38. The molecule has 3 N–H and O–H groups in total. The number of hydrogen-bond acceptors (Lipinski definition) is 1. The summed E-state index contributed by atoms with van der Waals surface area (Å²) < 4.78 is 8.88. The first kappa shape index (κ1) is 22.6. The fourth-order valence-electron chi connectivity index (χ4n) is 0. The van der Waals surface area contributed by atoms with Gasteiger partial charge in [-0.25, -0.2) is 4.57 Å². The van der Waals surface area contributed by atoms with Crippen molar-refractivity contribution in [2.75, 3.05) is 0 Å². The largest absolute Gasteiger partial charge is 0.466 e. The van der Waals surface area contributed by atoms with Crippen LogP contribution in [0.25, 0.3) is 0 Å². The summed E-state index contributed by atoms with van der Waals surface area (Å²) in [6.07, 6.45) is 0. The molecule has 0 aliphatic heterocycles. The summed E-state index contributed by atoms with van der Waals surface area (Å²) in [7, 11) is -4.64. The van der Waals surface area contributed by atoms with Crippen molar-refractivity contribution in [3.05, 3.63) is 0 Å². The van der Waals surface area contributed by atoms with Crippen LogP contribution in [0.5, 0.6) is 0 Å². The fourth-order valence-corrected chi connectivity index (χ4v) is 0. The van der Waals surface area contributed by atoms with Gasteiger partial charge in [-0.1, -0.05) is 0 Å². The van der Waals surface area contributed by atoms with Crippen molar-refractivity contribution in [1.29, 1.82) is 0 Å². The van der Waals surface area contributed by atoms with E-state index < -0.39 is 7.82 Å². The Kier molecular flexibility index (Phi) is 24.4. The second-order valence-corrected chi connectivity index (χ2v) is 1.54. The molecule has 0 amide bonds. The van der Waals surface area contributed by atoms with Gasteiger partial charge < -0.3 is 14.7 Å². The van der Waals surface area contributed by atoms with E-state index in [-0.39, 0.29) is 50.6 Å². The van der Waals surface area contributed by atoms with E-state index in [0.717, 1.165) is 0 Å². The standard InChI is InChI=1S/Fe.Mn.Ni.H3O4P/c;;;1-5(2,3)4/h;;;(H3,1,2,3,4). The van der Waals surface area contributed by atoms with E-state index in [2.05, 4.69) is 0 Å². The first-order chi connectivity index (χ1) is 2.00. The molecule has 0 atom stereocenters. The topological polar surface area (TPSA) is 77.8 Å². The maximum atomic E-state index is 8.88. The number of rotatable bonds is 0. The van der Waals surface area contributed by atoms with Gasteiger partial charge in [0.25, 0.3) is 0 Å². The van der Waals surface area contributed by atoms with E-state index in [4.69, 9.17) is 19.2 Å². The Morgan fingerprint density at radius 3 is 1.12 bits per heavy atom. The Morgan fingerprint density at radius 2 is 1.12 bits per heavy atom. The molecule has 0 rings (SSSR count). The van der Waals surface area contributed by atoms with E-state index in [1.807, 2.05) is 0 Å². The van der Waals surface area contributed by atoms with E-state index in [0.29, 0.717) is 0 Å². The number of hydrogen-bond donors (Lipinski definition) is 3. The average molecular weight is 267 g/mol. The zero-order valence-electron chi connectivity index (χ0n) is 3.24. The molecule has 8 heavy (non-hydrogen) atoms. The molecule has 0 aliphatic rings. The minimum atomic E-state index is -4.64. The summed E-state index contributed by atoms with van der Waals surface area (Å²) in [6, 6.07) is 0. The summed E-state index contributed by atoms with van der Waals surface area (Å²) >= 11 is 0. The third-order valence-electron chi connectivity index (χ3n) is 0. The van der Waals surface area contributed by atoms with Gasteiger partial charge in [0.2, 0.25) is 0 Å². The smallest absolute Gasteiger partial charge is 0.303 e. The molecule has 0 spiro atoms.